The van der Waals surface area contributed by atoms with E-state index in [1.165, 1.54) is 0 Å². The average Bonchev–Trinajstić information content (AvgIpc) is 2.68. The minimum absolute atomic E-state index is 0.275. The van der Waals surface area contributed by atoms with Gasteiger partial charge < -0.3 is 20.1 Å². The SMILES string of the molecule is CCOC(=O)C1=C(c2ccccc2)NC(=S)N[C@@H]1c1cc(Br)ccc1OC. The van der Waals surface area contributed by atoms with Crippen LogP contribution in [0, 0.1) is 0 Å². The van der Waals surface area contributed by atoms with Crippen molar-refractivity contribution in [3.8, 4) is 5.75 Å². The molecule has 1 atom stereocenters. The van der Waals surface area contributed by atoms with Crippen LogP contribution < -0.4 is 15.4 Å². The molecule has 1 aliphatic heterocycles. The van der Waals surface area contributed by atoms with Crippen molar-refractivity contribution in [2.24, 2.45) is 0 Å². The van der Waals surface area contributed by atoms with E-state index < -0.39 is 12.0 Å². The Kier molecular flexibility index (Phi) is 6.13. The number of methoxy groups -OCH3 is 1. The van der Waals surface area contributed by atoms with Crippen molar-refractivity contribution in [2.75, 3.05) is 13.7 Å². The van der Waals surface area contributed by atoms with Gasteiger partial charge in [0.25, 0.3) is 0 Å². The number of ether oxygens (including phenoxy) is 2. The van der Waals surface area contributed by atoms with Gasteiger partial charge in [-0.05, 0) is 42.9 Å². The van der Waals surface area contributed by atoms with Crippen molar-refractivity contribution >= 4 is 44.9 Å². The van der Waals surface area contributed by atoms with Crippen LogP contribution in [0.5, 0.6) is 5.75 Å². The molecule has 1 aliphatic rings. The number of rotatable bonds is 5. The molecule has 0 fully saturated rings. The summed E-state index contributed by atoms with van der Waals surface area (Å²) < 4.78 is 11.7. The third-order valence-electron chi connectivity index (χ3n) is 4.13. The van der Waals surface area contributed by atoms with Gasteiger partial charge in [0.2, 0.25) is 0 Å². The number of carbonyl (C=O) groups is 1. The molecule has 7 heteroatoms. The van der Waals surface area contributed by atoms with E-state index in [1.54, 1.807) is 14.0 Å². The lowest BCUT2D eigenvalue weighted by Gasteiger charge is -2.32. The van der Waals surface area contributed by atoms with Gasteiger partial charge in [0.05, 0.1) is 31.0 Å². The summed E-state index contributed by atoms with van der Waals surface area (Å²) in [6.07, 6.45) is 0. The maximum absolute atomic E-state index is 12.9. The molecular weight excluding hydrogens is 428 g/mol. The molecule has 0 bridgehead atoms. The van der Waals surface area contributed by atoms with E-state index in [2.05, 4.69) is 26.6 Å². The summed E-state index contributed by atoms with van der Waals surface area (Å²) in [4.78, 5) is 12.9. The molecule has 140 valence electrons. The zero-order chi connectivity index (χ0) is 19.4. The lowest BCUT2D eigenvalue weighted by atomic mass is 9.92. The molecule has 0 saturated carbocycles. The standard InChI is InChI=1S/C20H19BrN2O3S/c1-3-26-19(24)16-17(12-7-5-4-6-8-12)22-20(27)23-18(16)14-11-13(21)9-10-15(14)25-2/h4-11,18H,3H2,1-2H3,(H2,22,23,27)/t18-/m1/s1. The number of halogens is 1. The van der Waals surface area contributed by atoms with Gasteiger partial charge in [-0.2, -0.15) is 0 Å². The average molecular weight is 447 g/mol. The smallest absolute Gasteiger partial charge is 0.338 e. The van der Waals surface area contributed by atoms with E-state index >= 15 is 0 Å². The molecule has 2 N–H and O–H groups in total. The zero-order valence-electron chi connectivity index (χ0n) is 14.9. The highest BCUT2D eigenvalue weighted by molar-refractivity contribution is 9.10. The van der Waals surface area contributed by atoms with Gasteiger partial charge in [-0.3, -0.25) is 0 Å². The van der Waals surface area contributed by atoms with Crippen LogP contribution in [-0.4, -0.2) is 24.8 Å². The summed E-state index contributed by atoms with van der Waals surface area (Å²) in [5.74, 6) is 0.237. The molecule has 0 aliphatic carbocycles. The first-order chi connectivity index (χ1) is 13.0. The summed E-state index contributed by atoms with van der Waals surface area (Å²) in [5, 5.41) is 6.73. The molecule has 0 unspecified atom stereocenters. The Labute approximate surface area is 171 Å². The lowest BCUT2D eigenvalue weighted by Crippen LogP contribution is -2.45. The fraction of sp³-hybridized carbons (Fsp3) is 0.200. The van der Waals surface area contributed by atoms with Crippen molar-refractivity contribution in [3.63, 3.8) is 0 Å². The molecule has 3 rings (SSSR count). The first-order valence-corrected chi connectivity index (χ1v) is 9.63. The summed E-state index contributed by atoms with van der Waals surface area (Å²) in [5.41, 5.74) is 2.72. The number of nitrogens with one attached hydrogen (secondary N) is 2. The van der Waals surface area contributed by atoms with Gasteiger partial charge in [-0.15, -0.1) is 0 Å². The van der Waals surface area contributed by atoms with Crippen molar-refractivity contribution in [1.82, 2.24) is 10.6 Å². The van der Waals surface area contributed by atoms with Gasteiger partial charge in [-0.25, -0.2) is 4.79 Å². The number of hydrogen-bond acceptors (Lipinski definition) is 4. The Morgan fingerprint density at radius 3 is 2.63 bits per heavy atom. The molecule has 0 saturated heterocycles. The van der Waals surface area contributed by atoms with Gasteiger partial charge in [0, 0.05) is 10.0 Å². The van der Waals surface area contributed by atoms with E-state index in [0.29, 0.717) is 22.1 Å². The molecule has 0 amide bonds. The molecule has 2 aromatic carbocycles. The summed E-state index contributed by atoms with van der Waals surface area (Å²) >= 11 is 8.91. The van der Waals surface area contributed by atoms with Crippen molar-refractivity contribution in [1.29, 1.82) is 0 Å². The maximum atomic E-state index is 12.9. The van der Waals surface area contributed by atoms with Crippen molar-refractivity contribution < 1.29 is 14.3 Å². The summed E-state index contributed by atoms with van der Waals surface area (Å²) in [6.45, 7) is 2.06. The Bertz CT molecular complexity index is 899. The molecular formula is C20H19BrN2O3S. The fourth-order valence-corrected chi connectivity index (χ4v) is 3.59. The van der Waals surface area contributed by atoms with E-state index in [4.69, 9.17) is 21.7 Å². The van der Waals surface area contributed by atoms with E-state index in [-0.39, 0.29) is 6.61 Å². The second-order valence-electron chi connectivity index (χ2n) is 5.79. The maximum Gasteiger partial charge on any atom is 0.338 e. The van der Waals surface area contributed by atoms with Crippen LogP contribution in [0.4, 0.5) is 0 Å². The Morgan fingerprint density at radius 2 is 1.96 bits per heavy atom. The van der Waals surface area contributed by atoms with Crippen LogP contribution in [-0.2, 0) is 9.53 Å². The third-order valence-corrected chi connectivity index (χ3v) is 4.85. The molecule has 0 aromatic heterocycles. The van der Waals surface area contributed by atoms with Gasteiger partial charge in [0.1, 0.15) is 5.75 Å². The first kappa shape index (κ1) is 19.4. The predicted molar refractivity (Wildman–Crippen MR) is 112 cm³/mol. The Balaban J connectivity index is 2.23. The molecule has 0 spiro atoms. The zero-order valence-corrected chi connectivity index (χ0v) is 17.3. The lowest BCUT2D eigenvalue weighted by molar-refractivity contribution is -0.138. The normalized spacial score (nSPS) is 16.4. The Hall–Kier alpha value is -2.38. The molecule has 5 nitrogen and oxygen atoms in total. The molecule has 2 aromatic rings. The topological polar surface area (TPSA) is 59.6 Å². The fourth-order valence-electron chi connectivity index (χ4n) is 2.99. The Morgan fingerprint density at radius 1 is 1.22 bits per heavy atom. The van der Waals surface area contributed by atoms with E-state index in [1.807, 2.05) is 48.5 Å². The quantitative estimate of drug-likeness (QED) is 0.535. The molecule has 1 heterocycles. The van der Waals surface area contributed by atoms with Crippen LogP contribution in [0.15, 0.2) is 58.6 Å². The number of carbonyl (C=O) groups excluding carboxylic acids is 1. The van der Waals surface area contributed by atoms with Crippen molar-refractivity contribution in [3.05, 3.63) is 69.7 Å². The number of thiocarbonyl (C=S) groups is 1. The van der Waals surface area contributed by atoms with Crippen LogP contribution in [0.2, 0.25) is 0 Å². The summed E-state index contributed by atoms with van der Waals surface area (Å²) in [7, 11) is 1.60. The first-order valence-electron chi connectivity index (χ1n) is 8.42. The predicted octanol–water partition coefficient (Wildman–Crippen LogP) is 3.95. The van der Waals surface area contributed by atoms with E-state index in [9.17, 15) is 4.79 Å². The number of esters is 1. The van der Waals surface area contributed by atoms with Gasteiger partial charge >= 0.3 is 5.97 Å². The summed E-state index contributed by atoms with van der Waals surface area (Å²) in [6, 6.07) is 14.7. The van der Waals surface area contributed by atoms with Crippen LogP contribution in [0.1, 0.15) is 24.1 Å². The second-order valence-corrected chi connectivity index (χ2v) is 7.12. The van der Waals surface area contributed by atoms with E-state index in [0.717, 1.165) is 15.6 Å². The highest BCUT2D eigenvalue weighted by Gasteiger charge is 2.34. The second kappa shape index (κ2) is 8.54. The minimum atomic E-state index is -0.513. The van der Waals surface area contributed by atoms with Crippen LogP contribution >= 0.6 is 28.1 Å². The third kappa shape index (κ3) is 4.14. The largest absolute Gasteiger partial charge is 0.496 e. The van der Waals surface area contributed by atoms with Crippen LogP contribution in [0.25, 0.3) is 5.70 Å². The molecule has 27 heavy (non-hydrogen) atoms. The number of hydrogen-bond donors (Lipinski definition) is 2. The van der Waals surface area contributed by atoms with Gasteiger partial charge in [-0.1, -0.05) is 46.3 Å². The highest BCUT2D eigenvalue weighted by Crippen LogP contribution is 2.37. The monoisotopic (exact) mass is 446 g/mol. The van der Waals surface area contributed by atoms with Gasteiger partial charge in [0.15, 0.2) is 5.11 Å². The number of benzene rings is 2. The minimum Gasteiger partial charge on any atom is -0.496 e. The van der Waals surface area contributed by atoms with Crippen molar-refractivity contribution in [2.45, 2.75) is 13.0 Å². The highest BCUT2D eigenvalue weighted by atomic mass is 79.9. The van der Waals surface area contributed by atoms with Crippen LogP contribution in [0.3, 0.4) is 0 Å². The molecule has 0 radical (unpaired) electrons.